The Balaban J connectivity index is 2.19. The van der Waals surface area contributed by atoms with Crippen molar-refractivity contribution < 1.29 is 9.53 Å². The molecule has 64 valence electrons. The summed E-state index contributed by atoms with van der Waals surface area (Å²) >= 11 is 0. The Morgan fingerprint density at radius 2 is 2.50 bits per heavy atom. The maximum absolute atomic E-state index is 10.6. The van der Waals surface area contributed by atoms with Gasteiger partial charge in [0.25, 0.3) is 0 Å². The monoisotopic (exact) mass is 164 g/mol. The highest BCUT2D eigenvalue weighted by molar-refractivity contribution is 5.87. The van der Waals surface area contributed by atoms with Crippen LogP contribution in [-0.2, 0) is 9.53 Å². The molecule has 0 bridgehead atoms. The van der Waals surface area contributed by atoms with Crippen LogP contribution in [0.3, 0.4) is 0 Å². The van der Waals surface area contributed by atoms with Crippen molar-refractivity contribution in [2.75, 3.05) is 6.61 Å². The Labute approximate surface area is 72.6 Å². The number of carbonyl (C=O) groups excluding carboxylic acids is 1. The quantitative estimate of drug-likeness (QED) is 0.268. The van der Waals surface area contributed by atoms with E-state index < -0.39 is 5.97 Å². The Kier molecular flexibility index (Phi) is 3.40. The van der Waals surface area contributed by atoms with Crippen molar-refractivity contribution in [3.8, 4) is 12.3 Å². The van der Waals surface area contributed by atoms with Crippen LogP contribution in [-0.4, -0.2) is 12.6 Å². The SMILES string of the molecule is C#CC(=O)OCC1CC=CCC1. The lowest BCUT2D eigenvalue weighted by molar-refractivity contribution is -0.138. The van der Waals surface area contributed by atoms with E-state index in [2.05, 4.69) is 12.2 Å². The van der Waals surface area contributed by atoms with E-state index in [0.29, 0.717) is 12.5 Å². The smallest absolute Gasteiger partial charge is 0.384 e. The molecule has 0 N–H and O–H groups in total. The molecule has 12 heavy (non-hydrogen) atoms. The molecule has 1 aliphatic carbocycles. The minimum atomic E-state index is -0.551. The van der Waals surface area contributed by atoms with Crippen molar-refractivity contribution in [3.63, 3.8) is 0 Å². The van der Waals surface area contributed by atoms with Crippen molar-refractivity contribution in [2.24, 2.45) is 5.92 Å². The van der Waals surface area contributed by atoms with E-state index in [-0.39, 0.29) is 0 Å². The molecule has 1 aliphatic rings. The summed E-state index contributed by atoms with van der Waals surface area (Å²) in [4.78, 5) is 10.6. The van der Waals surface area contributed by atoms with Gasteiger partial charge < -0.3 is 4.74 Å². The number of hydrogen-bond acceptors (Lipinski definition) is 2. The summed E-state index contributed by atoms with van der Waals surface area (Å²) in [6.07, 6.45) is 12.3. The zero-order valence-electron chi connectivity index (χ0n) is 6.95. The summed E-state index contributed by atoms with van der Waals surface area (Å²) < 4.78 is 4.82. The summed E-state index contributed by atoms with van der Waals surface area (Å²) in [6.45, 7) is 0.466. The van der Waals surface area contributed by atoms with Crippen molar-refractivity contribution >= 4 is 5.97 Å². The summed E-state index contributed by atoms with van der Waals surface area (Å²) in [6, 6.07) is 0. The summed E-state index contributed by atoms with van der Waals surface area (Å²) in [5, 5.41) is 0. The molecule has 0 amide bonds. The van der Waals surface area contributed by atoms with Crippen molar-refractivity contribution in [1.29, 1.82) is 0 Å². The molecule has 0 aliphatic heterocycles. The standard InChI is InChI=1S/C10H12O2/c1-2-10(11)12-8-9-6-4-3-5-7-9/h1,3-4,9H,5-8H2. The molecule has 1 rings (SSSR count). The van der Waals surface area contributed by atoms with Gasteiger partial charge in [0.05, 0.1) is 6.61 Å². The van der Waals surface area contributed by atoms with Crippen LogP contribution < -0.4 is 0 Å². The fourth-order valence-corrected chi connectivity index (χ4v) is 1.24. The van der Waals surface area contributed by atoms with E-state index in [9.17, 15) is 4.79 Å². The van der Waals surface area contributed by atoms with Crippen LogP contribution in [0.1, 0.15) is 19.3 Å². The molecule has 0 radical (unpaired) electrons. The summed E-state index contributed by atoms with van der Waals surface area (Å²) in [7, 11) is 0. The van der Waals surface area contributed by atoms with Crippen LogP contribution in [0.25, 0.3) is 0 Å². The molecule has 0 saturated heterocycles. The van der Waals surface area contributed by atoms with Crippen molar-refractivity contribution in [3.05, 3.63) is 12.2 Å². The number of allylic oxidation sites excluding steroid dienone is 2. The third-order valence-corrected chi connectivity index (χ3v) is 1.95. The lowest BCUT2D eigenvalue weighted by Crippen LogP contribution is -2.13. The topological polar surface area (TPSA) is 26.3 Å². The number of esters is 1. The van der Waals surface area contributed by atoms with Gasteiger partial charge in [0, 0.05) is 5.92 Å². The lowest BCUT2D eigenvalue weighted by atomic mass is 9.95. The third-order valence-electron chi connectivity index (χ3n) is 1.95. The Hall–Kier alpha value is -1.23. The van der Waals surface area contributed by atoms with Crippen LogP contribution in [0.15, 0.2) is 12.2 Å². The van der Waals surface area contributed by atoms with Gasteiger partial charge in [-0.05, 0) is 25.2 Å². The fraction of sp³-hybridized carbons (Fsp3) is 0.500. The maximum atomic E-state index is 10.6. The second kappa shape index (κ2) is 4.61. The fourth-order valence-electron chi connectivity index (χ4n) is 1.24. The molecule has 1 unspecified atom stereocenters. The van der Waals surface area contributed by atoms with E-state index in [4.69, 9.17) is 11.2 Å². The van der Waals surface area contributed by atoms with Crippen molar-refractivity contribution in [2.45, 2.75) is 19.3 Å². The van der Waals surface area contributed by atoms with Gasteiger partial charge >= 0.3 is 5.97 Å². The molecule has 1 atom stereocenters. The molecular weight excluding hydrogens is 152 g/mol. The molecule has 2 nitrogen and oxygen atoms in total. The third kappa shape index (κ3) is 2.79. The molecule has 0 spiro atoms. The van der Waals surface area contributed by atoms with Gasteiger partial charge in [-0.1, -0.05) is 12.2 Å². The lowest BCUT2D eigenvalue weighted by Gasteiger charge is -2.16. The first kappa shape index (κ1) is 8.86. The average molecular weight is 164 g/mol. The predicted octanol–water partition coefficient (Wildman–Crippen LogP) is 1.52. The highest BCUT2D eigenvalue weighted by Gasteiger charge is 2.11. The normalized spacial score (nSPS) is 21.4. The predicted molar refractivity (Wildman–Crippen MR) is 46.3 cm³/mol. The maximum Gasteiger partial charge on any atom is 0.384 e. The van der Waals surface area contributed by atoms with Gasteiger partial charge in [-0.25, -0.2) is 4.79 Å². The highest BCUT2D eigenvalue weighted by Crippen LogP contribution is 2.17. The number of terminal acetylenes is 1. The van der Waals surface area contributed by atoms with Crippen LogP contribution in [0, 0.1) is 18.3 Å². The zero-order chi connectivity index (χ0) is 8.81. The average Bonchev–Trinajstić information content (AvgIpc) is 2.16. The van der Waals surface area contributed by atoms with Crippen LogP contribution >= 0.6 is 0 Å². The molecule has 0 fully saturated rings. The number of rotatable bonds is 2. The minimum Gasteiger partial charge on any atom is -0.456 e. The van der Waals surface area contributed by atoms with E-state index in [1.807, 2.05) is 5.92 Å². The van der Waals surface area contributed by atoms with E-state index in [1.54, 1.807) is 0 Å². The van der Waals surface area contributed by atoms with Gasteiger partial charge in [-0.15, -0.1) is 6.42 Å². The van der Waals surface area contributed by atoms with Crippen LogP contribution in [0.4, 0.5) is 0 Å². The van der Waals surface area contributed by atoms with Gasteiger partial charge in [0.1, 0.15) is 0 Å². The van der Waals surface area contributed by atoms with Crippen LogP contribution in [0.2, 0.25) is 0 Å². The Morgan fingerprint density at radius 1 is 1.67 bits per heavy atom. The number of hydrogen-bond donors (Lipinski definition) is 0. The van der Waals surface area contributed by atoms with E-state index in [1.165, 1.54) is 0 Å². The van der Waals surface area contributed by atoms with Crippen LogP contribution in [0.5, 0.6) is 0 Å². The van der Waals surface area contributed by atoms with Gasteiger partial charge in [0.15, 0.2) is 0 Å². The molecule has 0 saturated carbocycles. The Bertz CT molecular complexity index is 222. The largest absolute Gasteiger partial charge is 0.456 e. The van der Waals surface area contributed by atoms with Crippen molar-refractivity contribution in [1.82, 2.24) is 0 Å². The Morgan fingerprint density at radius 3 is 3.08 bits per heavy atom. The highest BCUT2D eigenvalue weighted by atomic mass is 16.5. The molecule has 2 heteroatoms. The first-order chi connectivity index (χ1) is 5.83. The summed E-state index contributed by atoms with van der Waals surface area (Å²) in [5.74, 6) is 1.84. The molecular formula is C10H12O2. The van der Waals surface area contributed by atoms with Gasteiger partial charge in [-0.2, -0.15) is 0 Å². The first-order valence-electron chi connectivity index (χ1n) is 4.11. The van der Waals surface area contributed by atoms with Gasteiger partial charge in [-0.3, -0.25) is 0 Å². The molecule has 0 aromatic heterocycles. The number of carbonyl (C=O) groups is 1. The second-order valence-corrected chi connectivity index (χ2v) is 2.89. The number of ether oxygens (including phenoxy) is 1. The zero-order valence-corrected chi connectivity index (χ0v) is 6.95. The molecule has 0 heterocycles. The molecule has 0 aromatic rings. The first-order valence-corrected chi connectivity index (χ1v) is 4.11. The second-order valence-electron chi connectivity index (χ2n) is 2.89. The van der Waals surface area contributed by atoms with E-state index in [0.717, 1.165) is 19.3 Å². The minimum absolute atomic E-state index is 0.465. The molecule has 0 aromatic carbocycles. The van der Waals surface area contributed by atoms with Gasteiger partial charge in [0.2, 0.25) is 0 Å². The summed E-state index contributed by atoms with van der Waals surface area (Å²) in [5.41, 5.74) is 0. The van der Waals surface area contributed by atoms with E-state index >= 15 is 0 Å².